The van der Waals surface area contributed by atoms with Gasteiger partial charge in [-0.05, 0) is 55.7 Å². The minimum absolute atomic E-state index is 0. The largest absolute Gasteiger partial charge is 0.340 e. The van der Waals surface area contributed by atoms with Crippen LogP contribution in [0.3, 0.4) is 0 Å². The Hall–Kier alpha value is -1.92. The summed E-state index contributed by atoms with van der Waals surface area (Å²) in [6.07, 6.45) is 4.16. The normalized spacial score (nSPS) is 24.8. The molecule has 0 spiro atoms. The maximum absolute atomic E-state index is 12.9. The SMILES string of the molecule is Cc1ccc(CN2CCN(C(=O)CCC[C@H]3NCC4CC3CN(Cc3ccccc3)C4)CC2)cc1.Cl. The Labute approximate surface area is 223 Å². The molecule has 3 aliphatic heterocycles. The van der Waals surface area contributed by atoms with Crippen LogP contribution in [0.15, 0.2) is 54.6 Å². The van der Waals surface area contributed by atoms with Crippen LogP contribution < -0.4 is 5.32 Å². The summed E-state index contributed by atoms with van der Waals surface area (Å²) < 4.78 is 0. The fourth-order valence-electron chi connectivity index (χ4n) is 6.32. The number of amides is 1. The van der Waals surface area contributed by atoms with E-state index in [9.17, 15) is 4.79 Å². The molecule has 0 saturated carbocycles. The molecule has 2 aromatic rings. The van der Waals surface area contributed by atoms with Crippen LogP contribution in [-0.2, 0) is 17.9 Å². The van der Waals surface area contributed by atoms with Gasteiger partial charge in [0.25, 0.3) is 0 Å². The molecule has 6 heteroatoms. The number of piperidine rings is 2. The molecule has 0 aromatic heterocycles. The minimum atomic E-state index is 0. The van der Waals surface area contributed by atoms with Crippen molar-refractivity contribution in [2.24, 2.45) is 11.8 Å². The number of nitrogens with zero attached hydrogens (tertiary/aromatic N) is 3. The molecule has 36 heavy (non-hydrogen) atoms. The van der Waals surface area contributed by atoms with Gasteiger partial charge in [0.2, 0.25) is 5.91 Å². The molecular formula is C30H43ClN4O. The monoisotopic (exact) mass is 510 g/mol. The first-order valence-corrected chi connectivity index (χ1v) is 13.7. The van der Waals surface area contributed by atoms with Crippen LogP contribution in [0.4, 0.5) is 0 Å². The molecule has 1 N–H and O–H groups in total. The summed E-state index contributed by atoms with van der Waals surface area (Å²) in [7, 11) is 0. The van der Waals surface area contributed by atoms with Crippen LogP contribution in [0.25, 0.3) is 0 Å². The zero-order valence-electron chi connectivity index (χ0n) is 21.8. The van der Waals surface area contributed by atoms with Crippen LogP contribution >= 0.6 is 12.4 Å². The Kier molecular flexibility index (Phi) is 9.83. The minimum Gasteiger partial charge on any atom is -0.340 e. The lowest BCUT2D eigenvalue weighted by Crippen LogP contribution is -2.55. The van der Waals surface area contributed by atoms with Gasteiger partial charge in [-0.1, -0.05) is 60.2 Å². The third-order valence-electron chi connectivity index (χ3n) is 8.29. The van der Waals surface area contributed by atoms with Crippen LogP contribution in [0.5, 0.6) is 0 Å². The second-order valence-corrected chi connectivity index (χ2v) is 11.1. The molecule has 3 aliphatic rings. The molecule has 2 unspecified atom stereocenters. The highest BCUT2D eigenvalue weighted by molar-refractivity contribution is 5.85. The molecule has 1 amide bonds. The molecule has 3 fully saturated rings. The van der Waals surface area contributed by atoms with Crippen LogP contribution in [0.1, 0.15) is 42.4 Å². The van der Waals surface area contributed by atoms with Crippen molar-refractivity contribution in [1.29, 1.82) is 0 Å². The lowest BCUT2D eigenvalue weighted by molar-refractivity contribution is -0.133. The summed E-state index contributed by atoms with van der Waals surface area (Å²) in [6, 6.07) is 20.3. The Morgan fingerprint density at radius 3 is 2.33 bits per heavy atom. The number of rotatable bonds is 8. The van der Waals surface area contributed by atoms with Gasteiger partial charge in [-0.25, -0.2) is 0 Å². The third-order valence-corrected chi connectivity index (χ3v) is 8.29. The third kappa shape index (κ3) is 7.32. The smallest absolute Gasteiger partial charge is 0.222 e. The number of fused-ring (bicyclic) bond motifs is 2. The predicted octanol–water partition coefficient (Wildman–Crippen LogP) is 4.34. The van der Waals surface area contributed by atoms with Crippen molar-refractivity contribution >= 4 is 18.3 Å². The van der Waals surface area contributed by atoms with E-state index < -0.39 is 0 Å². The average Bonchev–Trinajstić information content (AvgIpc) is 2.88. The van der Waals surface area contributed by atoms with Gasteiger partial charge in [0.05, 0.1) is 0 Å². The number of hydrogen-bond acceptors (Lipinski definition) is 4. The van der Waals surface area contributed by atoms with Crippen molar-refractivity contribution in [2.45, 2.75) is 51.7 Å². The van der Waals surface area contributed by atoms with E-state index in [2.05, 4.69) is 81.5 Å². The number of nitrogens with one attached hydrogen (secondary N) is 1. The van der Waals surface area contributed by atoms with Crippen molar-refractivity contribution in [2.75, 3.05) is 45.8 Å². The number of piperazine rings is 1. The number of carbonyl (C=O) groups excluding carboxylic acids is 1. The highest BCUT2D eigenvalue weighted by Crippen LogP contribution is 2.31. The number of aryl methyl sites for hydroxylation is 1. The van der Waals surface area contributed by atoms with Crippen molar-refractivity contribution in [3.05, 3.63) is 71.3 Å². The van der Waals surface area contributed by atoms with Crippen LogP contribution in [-0.4, -0.2) is 72.5 Å². The Morgan fingerprint density at radius 1 is 0.889 bits per heavy atom. The fraction of sp³-hybridized carbons (Fsp3) is 0.567. The molecule has 2 bridgehead atoms. The van der Waals surface area contributed by atoms with E-state index in [4.69, 9.17) is 0 Å². The first-order valence-electron chi connectivity index (χ1n) is 13.7. The Morgan fingerprint density at radius 2 is 1.58 bits per heavy atom. The van der Waals surface area contributed by atoms with E-state index in [0.717, 1.165) is 64.6 Å². The molecule has 0 aliphatic carbocycles. The van der Waals surface area contributed by atoms with Crippen molar-refractivity contribution in [1.82, 2.24) is 20.0 Å². The van der Waals surface area contributed by atoms with Crippen molar-refractivity contribution < 1.29 is 4.79 Å². The van der Waals surface area contributed by atoms with E-state index in [1.807, 2.05) is 0 Å². The number of likely N-dealkylation sites (tertiary alicyclic amines) is 1. The van der Waals surface area contributed by atoms with Gasteiger partial charge in [0.15, 0.2) is 0 Å². The number of hydrogen-bond donors (Lipinski definition) is 1. The highest BCUT2D eigenvalue weighted by Gasteiger charge is 2.36. The molecule has 5 rings (SSSR count). The standard InChI is InChI=1S/C30H42N4O.ClH/c1-24-10-12-26(13-11-24)20-32-14-16-34(17-15-32)30(35)9-5-8-29-28-18-27(19-31-29)22-33(23-28)21-25-6-3-2-4-7-25;/h2-4,6-7,10-13,27-29,31H,5,8-9,14-23H2,1H3;1H/t27?,28?,29-;/m1./s1. The van der Waals surface area contributed by atoms with E-state index in [1.54, 1.807) is 0 Å². The Bertz CT molecular complexity index is 945. The van der Waals surface area contributed by atoms with E-state index in [1.165, 1.54) is 36.2 Å². The zero-order chi connectivity index (χ0) is 24.0. The van der Waals surface area contributed by atoms with E-state index >= 15 is 0 Å². The van der Waals surface area contributed by atoms with Gasteiger partial charge in [-0.3, -0.25) is 14.6 Å². The van der Waals surface area contributed by atoms with Crippen molar-refractivity contribution in [3.8, 4) is 0 Å². The van der Waals surface area contributed by atoms with E-state index in [-0.39, 0.29) is 12.4 Å². The lowest BCUT2D eigenvalue weighted by Gasteiger charge is -2.46. The second kappa shape index (κ2) is 13.0. The molecule has 5 nitrogen and oxygen atoms in total. The molecule has 0 radical (unpaired) electrons. The summed E-state index contributed by atoms with van der Waals surface area (Å²) >= 11 is 0. The molecule has 3 saturated heterocycles. The van der Waals surface area contributed by atoms with Gasteiger partial charge in [-0.15, -0.1) is 12.4 Å². The summed E-state index contributed by atoms with van der Waals surface area (Å²) in [4.78, 5) is 20.1. The second-order valence-electron chi connectivity index (χ2n) is 11.1. The van der Waals surface area contributed by atoms with Gasteiger partial charge >= 0.3 is 0 Å². The average molecular weight is 511 g/mol. The first-order chi connectivity index (χ1) is 17.1. The number of halogens is 1. The quantitative estimate of drug-likeness (QED) is 0.573. The molecule has 3 heterocycles. The van der Waals surface area contributed by atoms with Gasteiger partial charge in [-0.2, -0.15) is 0 Å². The van der Waals surface area contributed by atoms with Gasteiger partial charge in [0, 0.05) is 64.8 Å². The number of carbonyl (C=O) groups is 1. The molecule has 3 atom stereocenters. The van der Waals surface area contributed by atoms with Crippen LogP contribution in [0.2, 0.25) is 0 Å². The summed E-state index contributed by atoms with van der Waals surface area (Å²) in [6.45, 7) is 11.4. The fourth-order valence-corrected chi connectivity index (χ4v) is 6.32. The lowest BCUT2D eigenvalue weighted by atomic mass is 9.79. The Balaban J connectivity index is 0.00000304. The van der Waals surface area contributed by atoms with Crippen molar-refractivity contribution in [3.63, 3.8) is 0 Å². The molecule has 2 aromatic carbocycles. The highest BCUT2D eigenvalue weighted by atomic mass is 35.5. The maximum atomic E-state index is 12.9. The molecule has 196 valence electrons. The maximum Gasteiger partial charge on any atom is 0.222 e. The summed E-state index contributed by atoms with van der Waals surface area (Å²) in [5.74, 6) is 1.83. The molecular weight excluding hydrogens is 468 g/mol. The van der Waals surface area contributed by atoms with E-state index in [0.29, 0.717) is 24.3 Å². The topological polar surface area (TPSA) is 38.8 Å². The van der Waals surface area contributed by atoms with Gasteiger partial charge < -0.3 is 10.2 Å². The summed E-state index contributed by atoms with van der Waals surface area (Å²) in [5, 5.41) is 3.83. The zero-order valence-corrected chi connectivity index (χ0v) is 22.6. The predicted molar refractivity (Wildman–Crippen MR) is 149 cm³/mol. The number of benzene rings is 2. The summed E-state index contributed by atoms with van der Waals surface area (Å²) in [5.41, 5.74) is 4.09. The first kappa shape index (κ1) is 27.1. The van der Waals surface area contributed by atoms with Crippen LogP contribution in [0, 0.1) is 18.8 Å². The van der Waals surface area contributed by atoms with Gasteiger partial charge in [0.1, 0.15) is 0 Å².